The molecular weight excluding hydrogens is 212 g/mol. The van der Waals surface area contributed by atoms with Crippen LogP contribution in [-0.4, -0.2) is 34.1 Å². The number of aromatic nitrogens is 2. The molecule has 0 aromatic carbocycles. The van der Waals surface area contributed by atoms with Crippen LogP contribution in [0.1, 0.15) is 26.1 Å². The lowest BCUT2D eigenvalue weighted by Gasteiger charge is -2.23. The van der Waals surface area contributed by atoms with E-state index in [0.717, 1.165) is 32.0 Å². The van der Waals surface area contributed by atoms with Gasteiger partial charge in [-0.3, -0.25) is 0 Å². The van der Waals surface area contributed by atoms with Crippen molar-refractivity contribution in [3.05, 3.63) is 18.2 Å². The highest BCUT2D eigenvalue weighted by atomic mass is 15.2. The van der Waals surface area contributed by atoms with Gasteiger partial charge in [-0.15, -0.1) is 0 Å². The molecule has 0 unspecified atom stereocenters. The van der Waals surface area contributed by atoms with E-state index in [1.54, 1.807) is 0 Å². The van der Waals surface area contributed by atoms with Gasteiger partial charge in [0.2, 0.25) is 0 Å². The minimum atomic E-state index is 0.607. The van der Waals surface area contributed by atoms with Gasteiger partial charge in [-0.05, 0) is 12.8 Å². The van der Waals surface area contributed by atoms with Crippen LogP contribution in [0.2, 0.25) is 0 Å². The number of imidazole rings is 1. The van der Waals surface area contributed by atoms with Gasteiger partial charge in [-0.1, -0.05) is 13.8 Å². The molecule has 0 saturated heterocycles. The molecule has 0 aliphatic heterocycles. The number of nitriles is 1. The zero-order valence-corrected chi connectivity index (χ0v) is 11.1. The van der Waals surface area contributed by atoms with Gasteiger partial charge in [-0.2, -0.15) is 5.26 Å². The monoisotopic (exact) mass is 234 g/mol. The third-order valence-corrected chi connectivity index (χ3v) is 2.74. The van der Waals surface area contributed by atoms with E-state index < -0.39 is 0 Å². The molecule has 0 amide bonds. The number of rotatable bonds is 7. The number of hydrogen-bond acceptors (Lipinski definition) is 3. The average molecular weight is 234 g/mol. The summed E-state index contributed by atoms with van der Waals surface area (Å²) in [7, 11) is 0. The molecule has 17 heavy (non-hydrogen) atoms. The van der Waals surface area contributed by atoms with E-state index in [1.165, 1.54) is 0 Å². The maximum atomic E-state index is 8.65. The zero-order chi connectivity index (χ0) is 12.7. The molecule has 0 aliphatic rings. The van der Waals surface area contributed by atoms with Crippen molar-refractivity contribution in [2.24, 2.45) is 5.92 Å². The van der Waals surface area contributed by atoms with Crippen LogP contribution in [0, 0.1) is 24.2 Å². The largest absolute Gasteiger partial charge is 0.334 e. The van der Waals surface area contributed by atoms with Crippen molar-refractivity contribution >= 4 is 0 Å². The summed E-state index contributed by atoms with van der Waals surface area (Å²) < 4.78 is 2.15. The Morgan fingerprint density at radius 2 is 2.24 bits per heavy atom. The molecular formula is C13H22N4. The molecule has 1 aromatic heterocycles. The molecule has 0 spiro atoms. The Kier molecular flexibility index (Phi) is 5.71. The number of nitrogens with zero attached hydrogens (tertiary/aromatic N) is 4. The molecule has 94 valence electrons. The van der Waals surface area contributed by atoms with Crippen molar-refractivity contribution in [3.8, 4) is 6.07 Å². The molecule has 0 bridgehead atoms. The highest BCUT2D eigenvalue weighted by Gasteiger charge is 2.07. The van der Waals surface area contributed by atoms with Gasteiger partial charge in [0.15, 0.2) is 0 Å². The molecule has 0 radical (unpaired) electrons. The first-order chi connectivity index (χ1) is 8.13. The first-order valence-electron chi connectivity index (χ1n) is 6.20. The first-order valence-corrected chi connectivity index (χ1v) is 6.20. The Hall–Kier alpha value is -1.34. The van der Waals surface area contributed by atoms with Crippen molar-refractivity contribution in [2.45, 2.75) is 33.7 Å². The van der Waals surface area contributed by atoms with Crippen LogP contribution in [0.4, 0.5) is 0 Å². The summed E-state index contributed by atoms with van der Waals surface area (Å²) in [5.74, 6) is 1.69. The molecule has 0 aliphatic carbocycles. The van der Waals surface area contributed by atoms with Gasteiger partial charge in [0, 0.05) is 45.0 Å². The third kappa shape index (κ3) is 5.01. The molecule has 1 heterocycles. The quantitative estimate of drug-likeness (QED) is 0.725. The SMILES string of the molecule is Cc1nccn1CCN(CCC#N)CC(C)C. The van der Waals surface area contributed by atoms with Crippen LogP contribution in [0.5, 0.6) is 0 Å². The zero-order valence-electron chi connectivity index (χ0n) is 11.1. The van der Waals surface area contributed by atoms with Gasteiger partial charge in [-0.25, -0.2) is 4.98 Å². The van der Waals surface area contributed by atoms with Crippen molar-refractivity contribution < 1.29 is 0 Å². The van der Waals surface area contributed by atoms with Gasteiger partial charge in [0.25, 0.3) is 0 Å². The minimum Gasteiger partial charge on any atom is -0.334 e. The van der Waals surface area contributed by atoms with Crippen molar-refractivity contribution in [2.75, 3.05) is 19.6 Å². The summed E-state index contributed by atoms with van der Waals surface area (Å²) in [5.41, 5.74) is 0. The van der Waals surface area contributed by atoms with Crippen LogP contribution in [0.3, 0.4) is 0 Å². The lowest BCUT2D eigenvalue weighted by molar-refractivity contribution is 0.239. The van der Waals surface area contributed by atoms with E-state index in [2.05, 4.69) is 34.4 Å². The van der Waals surface area contributed by atoms with E-state index >= 15 is 0 Å². The number of hydrogen-bond donors (Lipinski definition) is 0. The molecule has 1 aromatic rings. The molecule has 1 rings (SSSR count). The van der Waals surface area contributed by atoms with E-state index in [9.17, 15) is 0 Å². The molecule has 0 N–H and O–H groups in total. The lowest BCUT2D eigenvalue weighted by atomic mass is 10.2. The predicted molar refractivity (Wildman–Crippen MR) is 68.5 cm³/mol. The fourth-order valence-corrected chi connectivity index (χ4v) is 1.91. The van der Waals surface area contributed by atoms with Crippen molar-refractivity contribution in [1.29, 1.82) is 5.26 Å². The van der Waals surface area contributed by atoms with Gasteiger partial charge in [0.05, 0.1) is 6.07 Å². The summed E-state index contributed by atoms with van der Waals surface area (Å²) in [4.78, 5) is 6.56. The summed E-state index contributed by atoms with van der Waals surface area (Å²) >= 11 is 0. The molecule has 0 saturated carbocycles. The Balaban J connectivity index is 2.43. The van der Waals surface area contributed by atoms with E-state index in [1.807, 2.05) is 19.3 Å². The normalized spacial score (nSPS) is 11.1. The van der Waals surface area contributed by atoms with Crippen molar-refractivity contribution in [1.82, 2.24) is 14.5 Å². The standard InChI is InChI=1S/C13H22N4/c1-12(2)11-16(7-4-5-14)9-10-17-8-6-15-13(17)3/h6,8,12H,4,7,9-11H2,1-3H3. The second-order valence-electron chi connectivity index (χ2n) is 4.77. The smallest absolute Gasteiger partial charge is 0.105 e. The minimum absolute atomic E-state index is 0.607. The average Bonchev–Trinajstić information content (AvgIpc) is 2.67. The molecule has 0 fully saturated rings. The Morgan fingerprint density at radius 3 is 2.76 bits per heavy atom. The van der Waals surface area contributed by atoms with E-state index in [-0.39, 0.29) is 0 Å². The Bertz CT molecular complexity index is 362. The van der Waals surface area contributed by atoms with Crippen LogP contribution < -0.4 is 0 Å². The summed E-state index contributed by atoms with van der Waals surface area (Å²) in [6, 6.07) is 2.22. The lowest BCUT2D eigenvalue weighted by Crippen LogP contribution is -2.32. The Labute approximate surface area is 104 Å². The summed E-state index contributed by atoms with van der Waals surface area (Å²) in [5, 5.41) is 8.65. The van der Waals surface area contributed by atoms with Crippen LogP contribution in [-0.2, 0) is 6.54 Å². The van der Waals surface area contributed by atoms with Crippen LogP contribution in [0.15, 0.2) is 12.4 Å². The second-order valence-corrected chi connectivity index (χ2v) is 4.77. The van der Waals surface area contributed by atoms with Crippen molar-refractivity contribution in [3.63, 3.8) is 0 Å². The molecule has 4 heteroatoms. The van der Waals surface area contributed by atoms with Crippen LogP contribution >= 0.6 is 0 Å². The highest BCUT2D eigenvalue weighted by Crippen LogP contribution is 2.02. The topological polar surface area (TPSA) is 44.9 Å². The first kappa shape index (κ1) is 13.7. The fraction of sp³-hybridized carbons (Fsp3) is 0.692. The second kappa shape index (κ2) is 7.08. The summed E-state index contributed by atoms with van der Waals surface area (Å²) in [6.07, 6.45) is 4.44. The summed E-state index contributed by atoms with van der Waals surface area (Å²) in [6.45, 7) is 10.3. The van der Waals surface area contributed by atoms with E-state index in [4.69, 9.17) is 5.26 Å². The van der Waals surface area contributed by atoms with E-state index in [0.29, 0.717) is 12.3 Å². The maximum absolute atomic E-state index is 8.65. The number of aryl methyl sites for hydroxylation is 1. The van der Waals surface area contributed by atoms with Crippen LogP contribution in [0.25, 0.3) is 0 Å². The fourth-order valence-electron chi connectivity index (χ4n) is 1.91. The maximum Gasteiger partial charge on any atom is 0.105 e. The van der Waals surface area contributed by atoms with Gasteiger partial charge < -0.3 is 9.47 Å². The third-order valence-electron chi connectivity index (χ3n) is 2.74. The Morgan fingerprint density at radius 1 is 1.47 bits per heavy atom. The molecule has 0 atom stereocenters. The van der Waals surface area contributed by atoms with Gasteiger partial charge >= 0.3 is 0 Å². The predicted octanol–water partition coefficient (Wildman–Crippen LogP) is 2.06. The highest BCUT2D eigenvalue weighted by molar-refractivity contribution is 4.88. The molecule has 4 nitrogen and oxygen atoms in total. The van der Waals surface area contributed by atoms with Gasteiger partial charge in [0.1, 0.15) is 5.82 Å².